The summed E-state index contributed by atoms with van der Waals surface area (Å²) in [7, 11) is 0. The maximum absolute atomic E-state index is 11.1. The minimum atomic E-state index is 0.314. The van der Waals surface area contributed by atoms with E-state index in [0.29, 0.717) is 34.3 Å². The molecule has 4 nitrogen and oxygen atoms in total. The number of hydrogen-bond acceptors (Lipinski definition) is 3. The third kappa shape index (κ3) is 2.96. The van der Waals surface area contributed by atoms with E-state index >= 15 is 0 Å². The van der Waals surface area contributed by atoms with Gasteiger partial charge in [0.25, 0.3) is 0 Å². The van der Waals surface area contributed by atoms with Gasteiger partial charge in [0.1, 0.15) is 0 Å². The van der Waals surface area contributed by atoms with E-state index < -0.39 is 0 Å². The fourth-order valence-corrected chi connectivity index (χ4v) is 2.11. The molecule has 0 aliphatic rings. The predicted octanol–water partition coefficient (Wildman–Crippen LogP) is 3.86. The molecule has 19 heavy (non-hydrogen) atoms. The number of unbranched alkanes of at least 4 members (excludes halogenated alkanes) is 1. The molecule has 0 aliphatic carbocycles. The molecule has 0 N–H and O–H groups in total. The number of benzene rings is 1. The molecule has 0 fully saturated rings. The van der Waals surface area contributed by atoms with Crippen molar-refractivity contribution in [1.82, 2.24) is 15.0 Å². The Morgan fingerprint density at radius 1 is 1.32 bits per heavy atom. The van der Waals surface area contributed by atoms with Gasteiger partial charge < -0.3 is 0 Å². The van der Waals surface area contributed by atoms with Crippen LogP contribution in [0.2, 0.25) is 10.0 Å². The van der Waals surface area contributed by atoms with Gasteiger partial charge in [-0.05, 0) is 18.6 Å². The summed E-state index contributed by atoms with van der Waals surface area (Å²) in [6.07, 6.45) is 2.71. The molecule has 1 aromatic carbocycles. The van der Waals surface area contributed by atoms with Crippen molar-refractivity contribution >= 4 is 29.5 Å². The second kappa shape index (κ2) is 6.17. The first-order valence-corrected chi connectivity index (χ1v) is 6.77. The van der Waals surface area contributed by atoms with Gasteiger partial charge in [0.15, 0.2) is 12.0 Å². The fraction of sp³-hybridized carbons (Fsp3) is 0.308. The molecule has 0 radical (unpaired) electrons. The molecule has 2 aromatic rings. The number of hydrogen-bond donors (Lipinski definition) is 0. The number of nitrogens with zero attached hydrogens (tertiary/aromatic N) is 3. The van der Waals surface area contributed by atoms with Crippen LogP contribution in [0.1, 0.15) is 30.3 Å². The summed E-state index contributed by atoms with van der Waals surface area (Å²) in [5.41, 5.74) is 1.79. The minimum Gasteiger partial charge on any atom is -0.296 e. The van der Waals surface area contributed by atoms with Crippen molar-refractivity contribution in [1.29, 1.82) is 0 Å². The Morgan fingerprint density at radius 3 is 2.74 bits per heavy atom. The minimum absolute atomic E-state index is 0.314. The molecule has 0 bridgehead atoms. The summed E-state index contributed by atoms with van der Waals surface area (Å²) >= 11 is 11.9. The van der Waals surface area contributed by atoms with Gasteiger partial charge in [-0.15, -0.1) is 5.10 Å². The summed E-state index contributed by atoms with van der Waals surface area (Å²) in [6, 6.07) is 5.23. The Labute approximate surface area is 121 Å². The lowest BCUT2D eigenvalue weighted by Crippen LogP contribution is -2.03. The van der Waals surface area contributed by atoms with Crippen LogP contribution < -0.4 is 0 Å². The monoisotopic (exact) mass is 297 g/mol. The molecule has 0 saturated heterocycles. The Hall–Kier alpha value is -1.39. The SMILES string of the molecule is CCCCn1nnc(C=O)c1-c1ccc(Cl)c(Cl)c1. The van der Waals surface area contributed by atoms with Crippen LogP contribution in [0.3, 0.4) is 0 Å². The van der Waals surface area contributed by atoms with Crippen molar-refractivity contribution in [2.75, 3.05) is 0 Å². The van der Waals surface area contributed by atoms with Crippen molar-refractivity contribution in [2.24, 2.45) is 0 Å². The highest BCUT2D eigenvalue weighted by Crippen LogP contribution is 2.29. The van der Waals surface area contributed by atoms with Crippen molar-refractivity contribution in [3.63, 3.8) is 0 Å². The van der Waals surface area contributed by atoms with Gasteiger partial charge in [-0.2, -0.15) is 0 Å². The van der Waals surface area contributed by atoms with E-state index in [-0.39, 0.29) is 0 Å². The number of halogens is 2. The number of aldehydes is 1. The van der Waals surface area contributed by atoms with E-state index in [1.54, 1.807) is 16.8 Å². The molecule has 0 atom stereocenters. The maximum atomic E-state index is 11.1. The molecule has 0 spiro atoms. The second-order valence-corrected chi connectivity index (χ2v) is 4.96. The number of aromatic nitrogens is 3. The van der Waals surface area contributed by atoms with Gasteiger partial charge in [0, 0.05) is 12.1 Å². The molecule has 0 aliphatic heterocycles. The molecule has 0 saturated carbocycles. The average Bonchev–Trinajstić information content (AvgIpc) is 2.82. The van der Waals surface area contributed by atoms with E-state index in [9.17, 15) is 4.79 Å². The summed E-state index contributed by atoms with van der Waals surface area (Å²) < 4.78 is 1.73. The molecular formula is C13H13Cl2N3O. The topological polar surface area (TPSA) is 47.8 Å². The number of aryl methyl sites for hydroxylation is 1. The lowest BCUT2D eigenvalue weighted by Gasteiger charge is -2.07. The van der Waals surface area contributed by atoms with Crippen LogP contribution in [0, 0.1) is 0 Å². The van der Waals surface area contributed by atoms with Crippen LogP contribution >= 0.6 is 23.2 Å². The second-order valence-electron chi connectivity index (χ2n) is 4.15. The Morgan fingerprint density at radius 2 is 2.11 bits per heavy atom. The zero-order valence-electron chi connectivity index (χ0n) is 10.4. The summed E-state index contributed by atoms with van der Waals surface area (Å²) in [6.45, 7) is 2.81. The number of carbonyl (C=O) groups is 1. The summed E-state index contributed by atoms with van der Waals surface area (Å²) in [5, 5.41) is 8.82. The Bertz CT molecular complexity index is 596. The van der Waals surface area contributed by atoms with Crippen LogP contribution in [-0.4, -0.2) is 21.3 Å². The third-order valence-electron chi connectivity index (χ3n) is 2.79. The van der Waals surface area contributed by atoms with Gasteiger partial charge >= 0.3 is 0 Å². The number of carbonyl (C=O) groups excluding carboxylic acids is 1. The number of rotatable bonds is 5. The van der Waals surface area contributed by atoms with Gasteiger partial charge in [-0.25, -0.2) is 4.68 Å². The lowest BCUT2D eigenvalue weighted by molar-refractivity contribution is 0.111. The summed E-state index contributed by atoms with van der Waals surface area (Å²) in [4.78, 5) is 11.1. The van der Waals surface area contributed by atoms with E-state index in [1.807, 2.05) is 6.07 Å². The van der Waals surface area contributed by atoms with Gasteiger partial charge in [-0.1, -0.05) is 47.8 Å². The highest BCUT2D eigenvalue weighted by molar-refractivity contribution is 6.42. The van der Waals surface area contributed by atoms with Crippen LogP contribution in [0.5, 0.6) is 0 Å². The molecule has 100 valence electrons. The van der Waals surface area contributed by atoms with E-state index in [1.165, 1.54) is 0 Å². The lowest BCUT2D eigenvalue weighted by atomic mass is 10.1. The van der Waals surface area contributed by atoms with Crippen LogP contribution in [-0.2, 0) is 6.54 Å². The van der Waals surface area contributed by atoms with Crippen molar-refractivity contribution in [2.45, 2.75) is 26.3 Å². The Balaban J connectivity index is 2.48. The highest BCUT2D eigenvalue weighted by atomic mass is 35.5. The van der Waals surface area contributed by atoms with Gasteiger partial charge in [0.05, 0.1) is 15.7 Å². The van der Waals surface area contributed by atoms with Crippen LogP contribution in [0.4, 0.5) is 0 Å². The smallest absolute Gasteiger partial charge is 0.172 e. The van der Waals surface area contributed by atoms with Crippen LogP contribution in [0.15, 0.2) is 18.2 Å². The van der Waals surface area contributed by atoms with E-state index in [0.717, 1.165) is 18.4 Å². The van der Waals surface area contributed by atoms with E-state index in [2.05, 4.69) is 17.2 Å². The Kier molecular flexibility index (Phi) is 4.56. The molecule has 6 heteroatoms. The average molecular weight is 298 g/mol. The molecule has 1 heterocycles. The fourth-order valence-electron chi connectivity index (χ4n) is 1.81. The van der Waals surface area contributed by atoms with Gasteiger partial charge in [0.2, 0.25) is 0 Å². The molecular weight excluding hydrogens is 285 g/mol. The van der Waals surface area contributed by atoms with Crippen LogP contribution in [0.25, 0.3) is 11.3 Å². The third-order valence-corrected chi connectivity index (χ3v) is 3.53. The van der Waals surface area contributed by atoms with E-state index in [4.69, 9.17) is 23.2 Å². The van der Waals surface area contributed by atoms with Crippen molar-refractivity contribution in [3.05, 3.63) is 33.9 Å². The normalized spacial score (nSPS) is 10.7. The first-order chi connectivity index (χ1) is 9.17. The first kappa shape index (κ1) is 14.0. The zero-order chi connectivity index (χ0) is 13.8. The summed E-state index contributed by atoms with van der Waals surface area (Å²) in [5.74, 6) is 0. The zero-order valence-corrected chi connectivity index (χ0v) is 11.9. The molecule has 0 amide bonds. The maximum Gasteiger partial charge on any atom is 0.172 e. The first-order valence-electron chi connectivity index (χ1n) is 6.01. The largest absolute Gasteiger partial charge is 0.296 e. The van der Waals surface area contributed by atoms with Crippen molar-refractivity contribution in [3.8, 4) is 11.3 Å². The highest BCUT2D eigenvalue weighted by Gasteiger charge is 2.15. The van der Waals surface area contributed by atoms with Crippen molar-refractivity contribution < 1.29 is 4.79 Å². The quantitative estimate of drug-likeness (QED) is 0.787. The molecule has 0 unspecified atom stereocenters. The van der Waals surface area contributed by atoms with Gasteiger partial charge in [-0.3, -0.25) is 4.79 Å². The molecule has 2 rings (SSSR count). The predicted molar refractivity (Wildman–Crippen MR) is 75.8 cm³/mol. The standard InChI is InChI=1S/C13H13Cl2N3O/c1-2-3-6-18-13(12(8-19)16-17-18)9-4-5-10(14)11(15)7-9/h4-5,7-8H,2-3,6H2,1H3. The molecule has 1 aromatic heterocycles.